The van der Waals surface area contributed by atoms with Crippen molar-refractivity contribution in [3.63, 3.8) is 0 Å². The highest BCUT2D eigenvalue weighted by atomic mass is 19.4. The Hall–Kier alpha value is -3.36. The van der Waals surface area contributed by atoms with E-state index in [1.807, 2.05) is 30.3 Å². The lowest BCUT2D eigenvalue weighted by atomic mass is 9.86. The number of methoxy groups -OCH3 is 1. The second-order valence-corrected chi connectivity index (χ2v) is 6.94. The maximum atomic E-state index is 13.2. The van der Waals surface area contributed by atoms with Crippen LogP contribution >= 0.6 is 0 Å². The average molecular weight is 401 g/mol. The first-order chi connectivity index (χ1) is 13.7. The summed E-state index contributed by atoms with van der Waals surface area (Å²) in [4.78, 5) is 8.67. The van der Waals surface area contributed by atoms with Gasteiger partial charge in [-0.15, -0.1) is 0 Å². The van der Waals surface area contributed by atoms with Gasteiger partial charge in [0, 0.05) is 11.8 Å². The van der Waals surface area contributed by atoms with Gasteiger partial charge in [0.15, 0.2) is 5.69 Å². The van der Waals surface area contributed by atoms with E-state index in [0.29, 0.717) is 17.0 Å². The number of hydrogen-bond acceptors (Lipinski definition) is 5. The van der Waals surface area contributed by atoms with Gasteiger partial charge in [0.25, 0.3) is 0 Å². The topological polar surface area (TPSA) is 78.3 Å². The van der Waals surface area contributed by atoms with Crippen LogP contribution in [0.15, 0.2) is 53.8 Å². The summed E-state index contributed by atoms with van der Waals surface area (Å²) in [5, 5.41) is 3.70. The van der Waals surface area contributed by atoms with Gasteiger partial charge in [0.1, 0.15) is 17.1 Å². The zero-order chi connectivity index (χ0) is 20.8. The number of fused-ring (bicyclic) bond motifs is 1. The number of benzene rings is 1. The first-order valence-corrected chi connectivity index (χ1v) is 8.80. The Morgan fingerprint density at radius 2 is 1.93 bits per heavy atom. The number of ether oxygens (including phenoxy) is 1. The van der Waals surface area contributed by atoms with Crippen LogP contribution in [0.3, 0.4) is 0 Å². The number of amidine groups is 1. The van der Waals surface area contributed by atoms with Crippen molar-refractivity contribution in [1.29, 1.82) is 0 Å². The van der Waals surface area contributed by atoms with Crippen LogP contribution in [0.25, 0.3) is 11.1 Å². The minimum absolute atomic E-state index is 0.0144. The zero-order valence-corrected chi connectivity index (χ0v) is 15.7. The highest BCUT2D eigenvalue weighted by Gasteiger charge is 2.41. The number of rotatable bonds is 3. The molecule has 0 spiro atoms. The van der Waals surface area contributed by atoms with Gasteiger partial charge in [-0.05, 0) is 36.2 Å². The minimum atomic E-state index is -4.55. The molecule has 150 valence electrons. The molecule has 0 amide bonds. The molecule has 4 rings (SSSR count). The fourth-order valence-electron chi connectivity index (χ4n) is 3.50. The standard InChI is InChI=1S/C20H18F3N5O/c1-19(17-8-16(20(21,22)23)27-28(17)11-18(24)26-19)14-5-3-4-12(6-14)13-7-15(29-2)10-25-9-13/h3-10H,11H2,1-2H3,(H2,24,26)/t19-/m0/s1. The van der Waals surface area contributed by atoms with E-state index < -0.39 is 17.4 Å². The molecule has 1 atom stereocenters. The van der Waals surface area contributed by atoms with Crippen LogP contribution < -0.4 is 10.5 Å². The fourth-order valence-corrected chi connectivity index (χ4v) is 3.50. The molecule has 2 N–H and O–H groups in total. The molecule has 0 radical (unpaired) electrons. The van der Waals surface area contributed by atoms with Crippen LogP contribution in [0.4, 0.5) is 13.2 Å². The van der Waals surface area contributed by atoms with Crippen molar-refractivity contribution in [3.8, 4) is 16.9 Å². The Labute approximate surface area is 164 Å². The third-order valence-electron chi connectivity index (χ3n) is 4.96. The highest BCUT2D eigenvalue weighted by molar-refractivity contribution is 5.82. The van der Waals surface area contributed by atoms with Crippen molar-refractivity contribution in [2.24, 2.45) is 10.7 Å². The van der Waals surface area contributed by atoms with E-state index >= 15 is 0 Å². The predicted molar refractivity (Wildman–Crippen MR) is 102 cm³/mol. The van der Waals surface area contributed by atoms with E-state index in [1.165, 1.54) is 4.68 Å². The molecular weight excluding hydrogens is 383 g/mol. The first-order valence-electron chi connectivity index (χ1n) is 8.80. The van der Waals surface area contributed by atoms with Gasteiger partial charge in [0.2, 0.25) is 0 Å². The summed E-state index contributed by atoms with van der Waals surface area (Å²) in [6, 6.07) is 10.3. The highest BCUT2D eigenvalue weighted by Crippen LogP contribution is 2.40. The third kappa shape index (κ3) is 3.32. The number of nitrogens with zero attached hydrogens (tertiary/aromatic N) is 4. The van der Waals surface area contributed by atoms with Gasteiger partial charge >= 0.3 is 6.18 Å². The monoisotopic (exact) mass is 401 g/mol. The van der Waals surface area contributed by atoms with Crippen LogP contribution in [0.2, 0.25) is 0 Å². The van der Waals surface area contributed by atoms with Gasteiger partial charge in [-0.2, -0.15) is 18.3 Å². The largest absolute Gasteiger partial charge is 0.495 e. The lowest BCUT2D eigenvalue weighted by molar-refractivity contribution is -0.141. The van der Waals surface area contributed by atoms with Gasteiger partial charge < -0.3 is 10.5 Å². The zero-order valence-electron chi connectivity index (χ0n) is 15.7. The van der Waals surface area contributed by atoms with E-state index in [2.05, 4.69) is 15.1 Å². The summed E-state index contributed by atoms with van der Waals surface area (Å²) in [6.45, 7) is 1.75. The molecule has 2 aromatic heterocycles. The Balaban J connectivity index is 1.84. The normalized spacial score (nSPS) is 18.9. The molecule has 1 aliphatic rings. The van der Waals surface area contributed by atoms with Crippen LogP contribution in [0.5, 0.6) is 5.75 Å². The van der Waals surface area contributed by atoms with Gasteiger partial charge in [-0.3, -0.25) is 14.7 Å². The molecule has 6 nitrogen and oxygen atoms in total. The molecule has 0 bridgehead atoms. The van der Waals surface area contributed by atoms with E-state index in [4.69, 9.17) is 10.5 Å². The second-order valence-electron chi connectivity index (χ2n) is 6.94. The fraction of sp³-hybridized carbons (Fsp3) is 0.250. The number of alkyl halides is 3. The van der Waals surface area contributed by atoms with E-state index in [1.54, 1.807) is 26.4 Å². The van der Waals surface area contributed by atoms with E-state index in [-0.39, 0.29) is 12.4 Å². The molecule has 0 unspecified atom stereocenters. The maximum absolute atomic E-state index is 13.2. The molecule has 1 aliphatic heterocycles. The lowest BCUT2D eigenvalue weighted by Gasteiger charge is -2.31. The third-order valence-corrected chi connectivity index (χ3v) is 4.96. The van der Waals surface area contributed by atoms with Crippen molar-refractivity contribution < 1.29 is 17.9 Å². The van der Waals surface area contributed by atoms with Crippen molar-refractivity contribution in [3.05, 3.63) is 65.7 Å². The Kier molecular flexibility index (Phi) is 4.33. The summed E-state index contributed by atoms with van der Waals surface area (Å²) in [5.41, 5.74) is 6.54. The quantitative estimate of drug-likeness (QED) is 0.727. The molecule has 29 heavy (non-hydrogen) atoms. The van der Waals surface area contributed by atoms with Crippen molar-refractivity contribution in [2.45, 2.75) is 25.2 Å². The van der Waals surface area contributed by atoms with Crippen molar-refractivity contribution in [2.75, 3.05) is 7.11 Å². The number of pyridine rings is 1. The van der Waals surface area contributed by atoms with E-state index in [0.717, 1.165) is 17.2 Å². The lowest BCUT2D eigenvalue weighted by Crippen LogP contribution is -2.36. The summed E-state index contributed by atoms with van der Waals surface area (Å²) in [5.74, 6) is 0.817. The molecule has 3 aromatic rings. The maximum Gasteiger partial charge on any atom is 0.435 e. The second kappa shape index (κ2) is 6.61. The molecule has 0 aliphatic carbocycles. The van der Waals surface area contributed by atoms with Gasteiger partial charge in [0.05, 0.1) is 25.5 Å². The Morgan fingerprint density at radius 1 is 1.14 bits per heavy atom. The van der Waals surface area contributed by atoms with Crippen molar-refractivity contribution >= 4 is 5.84 Å². The van der Waals surface area contributed by atoms with Gasteiger partial charge in [-0.25, -0.2) is 0 Å². The molecular formula is C20H18F3N5O. The smallest absolute Gasteiger partial charge is 0.435 e. The summed E-state index contributed by atoms with van der Waals surface area (Å²) < 4.78 is 46.1. The molecule has 3 heterocycles. The van der Waals surface area contributed by atoms with Crippen LogP contribution in [0.1, 0.15) is 23.9 Å². The number of aromatic nitrogens is 3. The summed E-state index contributed by atoms with van der Waals surface area (Å²) in [6.07, 6.45) is -1.26. The van der Waals surface area contributed by atoms with Crippen molar-refractivity contribution in [1.82, 2.24) is 14.8 Å². The summed E-state index contributed by atoms with van der Waals surface area (Å²) in [7, 11) is 1.55. The molecule has 1 aromatic carbocycles. The number of halogens is 3. The predicted octanol–water partition coefficient (Wildman–Crippen LogP) is 3.61. The molecule has 0 saturated carbocycles. The van der Waals surface area contributed by atoms with E-state index in [9.17, 15) is 13.2 Å². The molecule has 0 fully saturated rings. The minimum Gasteiger partial charge on any atom is -0.495 e. The SMILES string of the molecule is COc1cncc(-c2cccc([C@]3(C)N=C(N)Cn4nc(C(F)(F)F)cc43)c2)c1. The van der Waals surface area contributed by atoms with Crippen LogP contribution in [0, 0.1) is 0 Å². The Bertz CT molecular complexity index is 1110. The number of hydrogen-bond donors (Lipinski definition) is 1. The first kappa shape index (κ1) is 19.0. The summed E-state index contributed by atoms with van der Waals surface area (Å²) >= 11 is 0. The van der Waals surface area contributed by atoms with Crippen LogP contribution in [-0.4, -0.2) is 27.7 Å². The van der Waals surface area contributed by atoms with Gasteiger partial charge in [-0.1, -0.05) is 18.2 Å². The van der Waals surface area contributed by atoms with Crippen LogP contribution in [-0.2, 0) is 18.3 Å². The molecule has 9 heteroatoms. The number of nitrogens with two attached hydrogens (primary N) is 1. The average Bonchev–Trinajstić information content (AvgIpc) is 3.13. The molecule has 0 saturated heterocycles. The number of aliphatic imine (C=N–C) groups is 1. The Morgan fingerprint density at radius 3 is 2.66 bits per heavy atom.